The molecule has 6 heteroatoms. The van der Waals surface area contributed by atoms with Crippen LogP contribution in [0.25, 0.3) is 106 Å². The molecular weight excluding hydrogens is 841 g/mol. The van der Waals surface area contributed by atoms with Gasteiger partial charge >= 0.3 is 0 Å². The molecule has 326 valence electrons. The molecular formula is C63H44N6. The van der Waals surface area contributed by atoms with E-state index in [9.17, 15) is 0 Å². The van der Waals surface area contributed by atoms with E-state index in [2.05, 4.69) is 222 Å². The summed E-state index contributed by atoms with van der Waals surface area (Å²) in [4.78, 5) is 21.0. The van der Waals surface area contributed by atoms with Crippen molar-refractivity contribution in [1.82, 2.24) is 29.1 Å². The molecule has 0 aliphatic heterocycles. The molecule has 12 aromatic rings. The Hall–Kier alpha value is -9.00. The Balaban J connectivity index is 0.963. The quantitative estimate of drug-likeness (QED) is 0.152. The molecule has 0 saturated carbocycles. The van der Waals surface area contributed by atoms with Gasteiger partial charge in [-0.3, -0.25) is 4.57 Å². The monoisotopic (exact) mass is 884 g/mol. The molecule has 0 bridgehead atoms. The summed E-state index contributed by atoms with van der Waals surface area (Å²) in [6.07, 6.45) is 6.82. The number of pyridine rings is 1. The number of rotatable bonds is 8. The largest absolute Gasteiger partial charge is 0.309 e. The van der Waals surface area contributed by atoms with Crippen LogP contribution in [-0.4, -0.2) is 29.1 Å². The van der Waals surface area contributed by atoms with Crippen molar-refractivity contribution in [3.8, 4) is 56.7 Å². The van der Waals surface area contributed by atoms with Gasteiger partial charge in [0.1, 0.15) is 5.82 Å². The minimum Gasteiger partial charge on any atom is -0.309 e. The highest BCUT2D eigenvalue weighted by Crippen LogP contribution is 2.43. The normalized spacial score (nSPS) is 14.8. The van der Waals surface area contributed by atoms with Gasteiger partial charge in [0.05, 0.1) is 33.5 Å². The number of para-hydroxylation sites is 2. The molecule has 69 heavy (non-hydrogen) atoms. The maximum atomic E-state index is 5.40. The second kappa shape index (κ2) is 16.7. The lowest BCUT2D eigenvalue weighted by Gasteiger charge is -2.23. The van der Waals surface area contributed by atoms with Crippen molar-refractivity contribution in [1.29, 1.82) is 0 Å². The van der Waals surface area contributed by atoms with Crippen LogP contribution < -0.4 is 0 Å². The van der Waals surface area contributed by atoms with E-state index in [1.54, 1.807) is 0 Å². The van der Waals surface area contributed by atoms with Gasteiger partial charge in [-0.25, -0.2) is 9.97 Å². The minimum absolute atomic E-state index is 0.0405. The van der Waals surface area contributed by atoms with E-state index in [0.717, 1.165) is 83.6 Å². The molecule has 2 atom stereocenters. The molecule has 1 aliphatic carbocycles. The lowest BCUT2D eigenvalue weighted by atomic mass is 9.84. The van der Waals surface area contributed by atoms with Crippen LogP contribution in [0.5, 0.6) is 0 Å². The fourth-order valence-electron chi connectivity index (χ4n) is 10.3. The van der Waals surface area contributed by atoms with Crippen LogP contribution in [0.3, 0.4) is 0 Å². The Bertz CT molecular complexity index is 3890. The summed E-state index contributed by atoms with van der Waals surface area (Å²) in [5.74, 6) is 2.12. The van der Waals surface area contributed by atoms with Gasteiger partial charge in [-0.05, 0) is 76.7 Å². The Morgan fingerprint density at radius 3 is 1.48 bits per heavy atom. The van der Waals surface area contributed by atoms with Crippen LogP contribution in [-0.2, 0) is 0 Å². The first kappa shape index (κ1) is 40.3. The SMILES string of the molecule is CC1C=C(c2ccccc2)C=CC1c1nc(-c2ccccc2)nc(-n2c3ccccc3c3c4c5ccccc5n(-c5ccc(-c6cc(-c7ccccc7)nc(-c7ccccc7)c6)cc5)c4ccc32)n1. The number of benzene rings is 8. The third kappa shape index (κ3) is 7.04. The second-order valence-electron chi connectivity index (χ2n) is 17.9. The molecule has 0 saturated heterocycles. The first-order valence-electron chi connectivity index (χ1n) is 23.6. The van der Waals surface area contributed by atoms with Crippen LogP contribution in [0.15, 0.2) is 237 Å². The molecule has 4 aromatic heterocycles. The molecule has 1 aliphatic rings. The zero-order chi connectivity index (χ0) is 45.8. The van der Waals surface area contributed by atoms with Crippen molar-refractivity contribution < 1.29 is 0 Å². The summed E-state index contributed by atoms with van der Waals surface area (Å²) >= 11 is 0. The van der Waals surface area contributed by atoms with Gasteiger partial charge < -0.3 is 4.57 Å². The highest BCUT2D eigenvalue weighted by Gasteiger charge is 2.27. The van der Waals surface area contributed by atoms with Crippen molar-refractivity contribution in [2.24, 2.45) is 5.92 Å². The average Bonchev–Trinajstić information content (AvgIpc) is 3.94. The molecule has 0 radical (unpaired) electrons. The fourth-order valence-corrected chi connectivity index (χ4v) is 10.3. The summed E-state index contributed by atoms with van der Waals surface area (Å²) in [6, 6.07) is 77.0. The standard InChI is InChI=1S/C63H44N6/c1-41-38-47(42-18-6-2-7-19-42)32-35-50(41)62-65-61(46-24-12-5-13-25-46)66-63(67-62)69-56-29-17-15-27-52(56)60-58(69)37-36-57-59(60)51-26-14-16-28-55(51)68(57)49-33-30-43(31-34-49)48-39-53(44-20-8-3-9-21-44)64-54(40-48)45-22-10-4-11-23-45/h2-41,50H,1H3. The van der Waals surface area contributed by atoms with Crippen LogP contribution >= 0.6 is 0 Å². The molecule has 0 spiro atoms. The molecule has 8 aromatic carbocycles. The predicted molar refractivity (Wildman–Crippen MR) is 284 cm³/mol. The topological polar surface area (TPSA) is 61.4 Å². The predicted octanol–water partition coefficient (Wildman–Crippen LogP) is 15.5. The van der Waals surface area contributed by atoms with E-state index in [4.69, 9.17) is 19.9 Å². The van der Waals surface area contributed by atoms with Gasteiger partial charge in [-0.2, -0.15) is 9.97 Å². The van der Waals surface area contributed by atoms with E-state index in [1.807, 2.05) is 30.3 Å². The van der Waals surface area contributed by atoms with Gasteiger partial charge in [0.15, 0.2) is 5.82 Å². The lowest BCUT2D eigenvalue weighted by Crippen LogP contribution is -2.16. The van der Waals surface area contributed by atoms with Crippen molar-refractivity contribution in [2.75, 3.05) is 0 Å². The van der Waals surface area contributed by atoms with Gasteiger partial charge in [0.25, 0.3) is 0 Å². The van der Waals surface area contributed by atoms with Gasteiger partial charge in [0, 0.05) is 49.8 Å². The summed E-state index contributed by atoms with van der Waals surface area (Å²) in [7, 11) is 0. The summed E-state index contributed by atoms with van der Waals surface area (Å²) in [5, 5.41) is 4.68. The van der Waals surface area contributed by atoms with Crippen LogP contribution in [0, 0.1) is 5.92 Å². The van der Waals surface area contributed by atoms with Crippen LogP contribution in [0.2, 0.25) is 0 Å². The first-order valence-corrected chi connectivity index (χ1v) is 23.6. The van der Waals surface area contributed by atoms with E-state index >= 15 is 0 Å². The van der Waals surface area contributed by atoms with Gasteiger partial charge in [-0.15, -0.1) is 0 Å². The molecule has 4 heterocycles. The summed E-state index contributed by atoms with van der Waals surface area (Å²) < 4.78 is 4.65. The molecule has 0 amide bonds. The Labute approximate surface area is 399 Å². The van der Waals surface area contributed by atoms with Crippen LogP contribution in [0.4, 0.5) is 0 Å². The Morgan fingerprint density at radius 1 is 0.391 bits per heavy atom. The number of hydrogen-bond acceptors (Lipinski definition) is 4. The fraction of sp³-hybridized carbons (Fsp3) is 0.0476. The summed E-state index contributed by atoms with van der Waals surface area (Å²) in [6.45, 7) is 2.26. The molecule has 0 N–H and O–H groups in total. The lowest BCUT2D eigenvalue weighted by molar-refractivity contribution is 0.599. The van der Waals surface area contributed by atoms with Gasteiger partial charge in [-0.1, -0.05) is 195 Å². The number of allylic oxidation sites excluding steroid dienone is 4. The van der Waals surface area contributed by atoms with Crippen molar-refractivity contribution in [3.63, 3.8) is 0 Å². The highest BCUT2D eigenvalue weighted by atomic mass is 15.2. The van der Waals surface area contributed by atoms with E-state index < -0.39 is 0 Å². The molecule has 13 rings (SSSR count). The Kier molecular flexibility index (Phi) is 9.75. The van der Waals surface area contributed by atoms with E-state index in [-0.39, 0.29) is 11.8 Å². The molecule has 6 nitrogen and oxygen atoms in total. The van der Waals surface area contributed by atoms with E-state index in [0.29, 0.717) is 11.8 Å². The zero-order valence-corrected chi connectivity index (χ0v) is 37.9. The number of hydrogen-bond donors (Lipinski definition) is 0. The van der Waals surface area contributed by atoms with Crippen LogP contribution in [0.1, 0.15) is 24.2 Å². The molecule has 2 unspecified atom stereocenters. The molecule has 0 fully saturated rings. The first-order chi connectivity index (χ1) is 34.1. The Morgan fingerprint density at radius 2 is 0.899 bits per heavy atom. The number of aromatic nitrogens is 6. The van der Waals surface area contributed by atoms with E-state index in [1.165, 1.54) is 21.9 Å². The third-order valence-electron chi connectivity index (χ3n) is 13.7. The van der Waals surface area contributed by atoms with Gasteiger partial charge in [0.2, 0.25) is 5.95 Å². The zero-order valence-electron chi connectivity index (χ0n) is 37.9. The maximum absolute atomic E-state index is 5.40. The minimum atomic E-state index is -0.0405. The maximum Gasteiger partial charge on any atom is 0.238 e. The van der Waals surface area contributed by atoms with Crippen molar-refractivity contribution in [2.45, 2.75) is 12.8 Å². The van der Waals surface area contributed by atoms with Crippen molar-refractivity contribution >= 4 is 49.2 Å². The smallest absolute Gasteiger partial charge is 0.238 e. The second-order valence-corrected chi connectivity index (χ2v) is 17.9. The third-order valence-corrected chi connectivity index (χ3v) is 13.7. The number of fused-ring (bicyclic) bond motifs is 7. The summed E-state index contributed by atoms with van der Waals surface area (Å²) in [5.41, 5.74) is 15.1. The average molecular weight is 885 g/mol. The number of nitrogens with zero attached hydrogens (tertiary/aromatic N) is 6. The van der Waals surface area contributed by atoms with Crippen molar-refractivity contribution in [3.05, 3.63) is 248 Å². The highest BCUT2D eigenvalue weighted by molar-refractivity contribution is 6.28.